The molecule has 0 aliphatic carbocycles. The second-order valence-electron chi connectivity index (χ2n) is 5.11. The summed E-state index contributed by atoms with van der Waals surface area (Å²) in [6, 6.07) is 7.23. The van der Waals surface area contributed by atoms with Gasteiger partial charge in [-0.15, -0.1) is 24.0 Å². The molecule has 0 bridgehead atoms. The maximum Gasteiger partial charge on any atom is 0.338 e. The number of carbonyl (C=O) groups is 1. The summed E-state index contributed by atoms with van der Waals surface area (Å²) in [6.45, 7) is 5.72. The molecule has 0 radical (unpaired) electrons. The van der Waals surface area contributed by atoms with Crippen LogP contribution in [0.3, 0.4) is 0 Å². The van der Waals surface area contributed by atoms with Crippen molar-refractivity contribution in [3.8, 4) is 0 Å². The second kappa shape index (κ2) is 13.2. The number of unbranched alkanes of at least 4 members (excludes halogenated alkanes) is 3. The maximum atomic E-state index is 11.5. The fourth-order valence-corrected chi connectivity index (χ4v) is 1.96. The Labute approximate surface area is 156 Å². The van der Waals surface area contributed by atoms with Crippen molar-refractivity contribution in [1.29, 1.82) is 0 Å². The Kier molecular flexibility index (Phi) is 12.4. The number of nitrogens with zero attached hydrogens (tertiary/aromatic N) is 1. The van der Waals surface area contributed by atoms with Crippen LogP contribution in [0.4, 0.5) is 0 Å². The van der Waals surface area contributed by atoms with Crippen LogP contribution in [-0.2, 0) is 11.3 Å². The van der Waals surface area contributed by atoms with E-state index in [-0.39, 0.29) is 29.9 Å². The first-order chi connectivity index (χ1) is 10.7. The Morgan fingerprint density at radius 2 is 1.87 bits per heavy atom. The third-order valence-electron chi connectivity index (χ3n) is 3.23. The molecule has 0 aromatic heterocycles. The molecule has 1 aromatic carbocycles. The van der Waals surface area contributed by atoms with E-state index in [4.69, 9.17) is 10.5 Å². The van der Waals surface area contributed by atoms with Crippen LogP contribution in [0.2, 0.25) is 0 Å². The molecule has 130 valence electrons. The summed E-state index contributed by atoms with van der Waals surface area (Å²) in [7, 11) is 0. The van der Waals surface area contributed by atoms with Gasteiger partial charge in [0, 0.05) is 6.54 Å². The van der Waals surface area contributed by atoms with Gasteiger partial charge in [-0.3, -0.25) is 0 Å². The first-order valence-electron chi connectivity index (χ1n) is 7.97. The quantitative estimate of drug-likeness (QED) is 0.206. The highest BCUT2D eigenvalue weighted by Gasteiger charge is 2.05. The van der Waals surface area contributed by atoms with Crippen molar-refractivity contribution < 1.29 is 9.53 Å². The lowest BCUT2D eigenvalue weighted by Gasteiger charge is -2.06. The molecule has 23 heavy (non-hydrogen) atoms. The van der Waals surface area contributed by atoms with Gasteiger partial charge in [0.15, 0.2) is 5.96 Å². The molecule has 0 aliphatic heterocycles. The topological polar surface area (TPSA) is 76.7 Å². The van der Waals surface area contributed by atoms with Gasteiger partial charge in [-0.2, -0.15) is 0 Å². The Morgan fingerprint density at radius 3 is 2.48 bits per heavy atom. The lowest BCUT2D eigenvalue weighted by atomic mass is 10.1. The summed E-state index contributed by atoms with van der Waals surface area (Å²) in [4.78, 5) is 15.8. The van der Waals surface area contributed by atoms with Gasteiger partial charge in [0.25, 0.3) is 0 Å². The van der Waals surface area contributed by atoms with Crippen molar-refractivity contribution in [2.75, 3.05) is 13.2 Å². The zero-order valence-electron chi connectivity index (χ0n) is 14.0. The molecule has 0 saturated carbocycles. The molecule has 0 amide bonds. The van der Waals surface area contributed by atoms with Gasteiger partial charge in [0.05, 0.1) is 18.7 Å². The van der Waals surface area contributed by atoms with Crippen LogP contribution < -0.4 is 11.1 Å². The molecular formula is C17H28IN3O2. The molecule has 0 spiro atoms. The number of aliphatic imine (C=N–C) groups is 1. The lowest BCUT2D eigenvalue weighted by Crippen LogP contribution is -2.32. The van der Waals surface area contributed by atoms with E-state index in [1.165, 1.54) is 19.3 Å². The maximum absolute atomic E-state index is 11.5. The van der Waals surface area contributed by atoms with E-state index < -0.39 is 0 Å². The minimum Gasteiger partial charge on any atom is -0.462 e. The summed E-state index contributed by atoms with van der Waals surface area (Å²) >= 11 is 0. The average molecular weight is 433 g/mol. The van der Waals surface area contributed by atoms with E-state index in [9.17, 15) is 4.79 Å². The molecule has 6 heteroatoms. The highest BCUT2D eigenvalue weighted by atomic mass is 127. The number of hydrogen-bond acceptors (Lipinski definition) is 3. The Bertz CT molecular complexity index is 475. The molecule has 0 atom stereocenters. The predicted molar refractivity (Wildman–Crippen MR) is 105 cm³/mol. The van der Waals surface area contributed by atoms with E-state index in [0.29, 0.717) is 24.7 Å². The highest BCUT2D eigenvalue weighted by Crippen LogP contribution is 2.07. The summed E-state index contributed by atoms with van der Waals surface area (Å²) in [5.41, 5.74) is 7.37. The molecule has 0 fully saturated rings. The third-order valence-corrected chi connectivity index (χ3v) is 3.23. The van der Waals surface area contributed by atoms with E-state index in [0.717, 1.165) is 18.5 Å². The van der Waals surface area contributed by atoms with Crippen molar-refractivity contribution >= 4 is 35.9 Å². The monoisotopic (exact) mass is 433 g/mol. The van der Waals surface area contributed by atoms with Gasteiger partial charge in [0.2, 0.25) is 0 Å². The number of halogens is 1. The third kappa shape index (κ3) is 9.43. The number of nitrogens with one attached hydrogen (secondary N) is 1. The minimum atomic E-state index is -0.300. The number of guanidine groups is 1. The van der Waals surface area contributed by atoms with Gasteiger partial charge in [-0.05, 0) is 31.0 Å². The molecule has 1 rings (SSSR count). The molecule has 0 saturated heterocycles. The van der Waals surface area contributed by atoms with Gasteiger partial charge < -0.3 is 15.8 Å². The second-order valence-corrected chi connectivity index (χ2v) is 5.11. The molecular weight excluding hydrogens is 405 g/mol. The molecule has 3 N–H and O–H groups in total. The van der Waals surface area contributed by atoms with Gasteiger partial charge in [0.1, 0.15) is 0 Å². The number of benzene rings is 1. The van der Waals surface area contributed by atoms with Crippen LogP contribution in [-0.4, -0.2) is 25.1 Å². The van der Waals surface area contributed by atoms with Crippen molar-refractivity contribution in [2.45, 2.75) is 46.1 Å². The van der Waals surface area contributed by atoms with Gasteiger partial charge >= 0.3 is 5.97 Å². The number of hydrogen-bond donors (Lipinski definition) is 2. The van der Waals surface area contributed by atoms with Crippen molar-refractivity contribution in [3.63, 3.8) is 0 Å². The number of esters is 1. The number of ether oxygens (including phenoxy) is 1. The largest absolute Gasteiger partial charge is 0.462 e. The average Bonchev–Trinajstić information content (AvgIpc) is 2.53. The molecule has 0 unspecified atom stereocenters. The van der Waals surface area contributed by atoms with Crippen LogP contribution in [0.5, 0.6) is 0 Å². The van der Waals surface area contributed by atoms with Crippen LogP contribution in [0, 0.1) is 0 Å². The summed E-state index contributed by atoms with van der Waals surface area (Å²) in [6.07, 6.45) is 4.81. The predicted octanol–water partition coefficient (Wildman–Crippen LogP) is 3.47. The minimum absolute atomic E-state index is 0. The molecule has 1 aromatic rings. The van der Waals surface area contributed by atoms with E-state index >= 15 is 0 Å². The lowest BCUT2D eigenvalue weighted by molar-refractivity contribution is 0.0526. The van der Waals surface area contributed by atoms with Gasteiger partial charge in [-0.25, -0.2) is 9.79 Å². The molecule has 0 aliphatic rings. The van der Waals surface area contributed by atoms with Gasteiger partial charge in [-0.1, -0.05) is 38.3 Å². The molecule has 5 nitrogen and oxygen atoms in total. The Balaban J connectivity index is 0.00000484. The van der Waals surface area contributed by atoms with E-state index in [1.54, 1.807) is 19.1 Å². The number of carbonyl (C=O) groups excluding carboxylic acids is 1. The number of rotatable bonds is 9. The molecule has 0 heterocycles. The van der Waals surface area contributed by atoms with Crippen LogP contribution in [0.1, 0.15) is 55.5 Å². The van der Waals surface area contributed by atoms with Crippen molar-refractivity contribution in [2.24, 2.45) is 10.7 Å². The Morgan fingerprint density at radius 1 is 1.17 bits per heavy atom. The zero-order chi connectivity index (χ0) is 16.2. The van der Waals surface area contributed by atoms with Crippen LogP contribution >= 0.6 is 24.0 Å². The summed E-state index contributed by atoms with van der Waals surface area (Å²) in [5, 5.41) is 3.11. The Hall–Kier alpha value is -1.31. The SMILES string of the molecule is CCCCCCNC(N)=NCc1ccc(C(=O)OCC)cc1.I. The summed E-state index contributed by atoms with van der Waals surface area (Å²) < 4.78 is 4.94. The fourth-order valence-electron chi connectivity index (χ4n) is 1.96. The smallest absolute Gasteiger partial charge is 0.338 e. The van der Waals surface area contributed by atoms with E-state index in [1.807, 2.05) is 12.1 Å². The normalized spacial score (nSPS) is 10.8. The van der Waals surface area contributed by atoms with E-state index in [2.05, 4.69) is 17.2 Å². The standard InChI is InChI=1S/C17H27N3O2.HI/c1-3-5-6-7-12-19-17(18)20-13-14-8-10-15(11-9-14)16(21)22-4-2;/h8-11H,3-7,12-13H2,1-2H3,(H3,18,19,20);1H. The zero-order valence-corrected chi connectivity index (χ0v) is 16.3. The fraction of sp³-hybridized carbons (Fsp3) is 0.529. The van der Waals surface area contributed by atoms with Crippen LogP contribution in [0.15, 0.2) is 29.3 Å². The first kappa shape index (κ1) is 21.7. The van der Waals surface area contributed by atoms with Crippen molar-refractivity contribution in [3.05, 3.63) is 35.4 Å². The van der Waals surface area contributed by atoms with Crippen molar-refractivity contribution in [1.82, 2.24) is 5.32 Å². The summed E-state index contributed by atoms with van der Waals surface area (Å²) in [5.74, 6) is 0.164. The van der Waals surface area contributed by atoms with Crippen LogP contribution in [0.25, 0.3) is 0 Å². The number of nitrogens with two attached hydrogens (primary N) is 1. The first-order valence-corrected chi connectivity index (χ1v) is 7.97. The highest BCUT2D eigenvalue weighted by molar-refractivity contribution is 14.0.